The van der Waals surface area contributed by atoms with Crippen LogP contribution in [-0.2, 0) is 30.2 Å². The number of H-pyrrole nitrogens is 1. The van der Waals surface area contributed by atoms with Gasteiger partial charge < -0.3 is 28.5 Å². The molecule has 4 aromatic heterocycles. The normalized spacial score (nSPS) is 11.9. The number of fused-ring (bicyclic) bond motifs is 2. The van der Waals surface area contributed by atoms with Crippen LogP contribution in [0.4, 0.5) is 0 Å². The van der Waals surface area contributed by atoms with E-state index in [2.05, 4.69) is 9.97 Å². The predicted octanol–water partition coefficient (Wildman–Crippen LogP) is 6.21. The van der Waals surface area contributed by atoms with Crippen LogP contribution in [0.1, 0.15) is 11.1 Å². The van der Waals surface area contributed by atoms with Crippen LogP contribution in [-0.4, -0.2) is 55.7 Å². The molecule has 1 N–H and O–H groups in total. The Morgan fingerprint density at radius 1 is 0.864 bits per heavy atom. The van der Waals surface area contributed by atoms with E-state index in [0.717, 1.165) is 33.1 Å². The number of pyridine rings is 1. The van der Waals surface area contributed by atoms with E-state index in [1.807, 2.05) is 48.1 Å². The van der Waals surface area contributed by atoms with Crippen molar-refractivity contribution in [1.82, 2.24) is 18.8 Å². The van der Waals surface area contributed by atoms with Crippen LogP contribution in [0.5, 0.6) is 23.0 Å². The highest BCUT2D eigenvalue weighted by Crippen LogP contribution is 2.39. The van der Waals surface area contributed by atoms with Crippen molar-refractivity contribution in [1.29, 1.82) is 0 Å². The number of sulfonamides is 1. The Bertz CT molecular complexity index is 2070. The maximum atomic E-state index is 14.0. The summed E-state index contributed by atoms with van der Waals surface area (Å²) in [5.74, 6) is 2.45. The number of aromatic nitrogens is 3. The van der Waals surface area contributed by atoms with E-state index < -0.39 is 10.0 Å². The van der Waals surface area contributed by atoms with Crippen molar-refractivity contribution in [2.24, 2.45) is 7.05 Å². The highest BCUT2D eigenvalue weighted by atomic mass is 32.2. The maximum absolute atomic E-state index is 14.0. The van der Waals surface area contributed by atoms with Crippen molar-refractivity contribution in [3.05, 3.63) is 83.5 Å². The quantitative estimate of drug-likeness (QED) is 0.181. The number of hydrogen-bond donors (Lipinski definition) is 1. The summed E-state index contributed by atoms with van der Waals surface area (Å²) in [4.78, 5) is 8.03. The summed E-state index contributed by atoms with van der Waals surface area (Å²) in [5, 5.41) is 3.57. The fourth-order valence-corrected chi connectivity index (χ4v) is 7.95. The van der Waals surface area contributed by atoms with Gasteiger partial charge in [-0.15, -0.1) is 11.3 Å². The number of nitrogens with zero attached hydrogens (tertiary/aromatic N) is 3. The number of methoxy groups -OCH3 is 4. The molecule has 0 unspecified atom stereocenters. The summed E-state index contributed by atoms with van der Waals surface area (Å²) in [6.45, 7) is 0.214. The SMILES string of the molecule is COc1ccc(CN(Cc2ccnc3[nH]c(-c4cn(C)c5cc(OC)c(OC)cc45)cc23)S(=O)(=O)c2cccs2)c(OC)c1. The van der Waals surface area contributed by atoms with Gasteiger partial charge in [0.2, 0.25) is 0 Å². The fourth-order valence-electron chi connectivity index (χ4n) is 5.41. The minimum atomic E-state index is -3.84. The zero-order chi connectivity index (χ0) is 31.0. The van der Waals surface area contributed by atoms with E-state index in [-0.39, 0.29) is 17.3 Å². The number of rotatable bonds is 11. The molecule has 0 radical (unpaired) electrons. The Morgan fingerprint density at radius 3 is 2.32 bits per heavy atom. The molecular formula is C32H32N4O6S2. The van der Waals surface area contributed by atoms with Gasteiger partial charge >= 0.3 is 0 Å². The number of nitrogens with one attached hydrogen (secondary N) is 1. The molecule has 0 aliphatic heterocycles. The monoisotopic (exact) mass is 632 g/mol. The van der Waals surface area contributed by atoms with E-state index in [1.54, 1.807) is 64.3 Å². The van der Waals surface area contributed by atoms with Gasteiger partial charge in [0.1, 0.15) is 21.4 Å². The zero-order valence-corrected chi connectivity index (χ0v) is 26.6. The van der Waals surface area contributed by atoms with Gasteiger partial charge in [0, 0.05) is 72.3 Å². The summed E-state index contributed by atoms with van der Waals surface area (Å²) in [5.41, 5.74) is 4.97. The van der Waals surface area contributed by atoms with Gasteiger partial charge in [0.25, 0.3) is 10.0 Å². The molecule has 0 aliphatic rings. The zero-order valence-electron chi connectivity index (χ0n) is 25.0. The third-order valence-electron chi connectivity index (χ3n) is 7.68. The van der Waals surface area contributed by atoms with Gasteiger partial charge in [-0.05, 0) is 41.3 Å². The molecule has 0 aliphatic carbocycles. The number of thiophene rings is 1. The summed E-state index contributed by atoms with van der Waals surface area (Å²) < 4.78 is 53.7. The van der Waals surface area contributed by atoms with Crippen LogP contribution in [0, 0.1) is 0 Å². The Kier molecular flexibility index (Phi) is 7.97. The second-order valence-electron chi connectivity index (χ2n) is 10.2. The molecule has 4 heterocycles. The molecule has 0 bridgehead atoms. The molecule has 0 fully saturated rings. The lowest BCUT2D eigenvalue weighted by molar-refractivity contribution is 0.355. The average Bonchev–Trinajstić information content (AvgIpc) is 3.80. The first kappa shape index (κ1) is 29.5. The Hall–Kier alpha value is -4.52. The van der Waals surface area contributed by atoms with Crippen molar-refractivity contribution >= 4 is 43.3 Å². The molecule has 0 atom stereocenters. The second-order valence-corrected chi connectivity index (χ2v) is 13.3. The van der Waals surface area contributed by atoms with Crippen molar-refractivity contribution in [2.45, 2.75) is 17.3 Å². The second kappa shape index (κ2) is 11.9. The van der Waals surface area contributed by atoms with Crippen LogP contribution in [0.25, 0.3) is 33.2 Å². The van der Waals surface area contributed by atoms with Crippen LogP contribution >= 0.6 is 11.3 Å². The molecule has 12 heteroatoms. The topological polar surface area (TPSA) is 108 Å². The highest BCUT2D eigenvalue weighted by molar-refractivity contribution is 7.91. The first-order chi connectivity index (χ1) is 21.3. The first-order valence-electron chi connectivity index (χ1n) is 13.7. The van der Waals surface area contributed by atoms with Crippen molar-refractivity contribution < 1.29 is 27.4 Å². The first-order valence-corrected chi connectivity index (χ1v) is 16.0. The summed E-state index contributed by atoms with van der Waals surface area (Å²) >= 11 is 1.19. The smallest absolute Gasteiger partial charge is 0.253 e. The summed E-state index contributed by atoms with van der Waals surface area (Å²) in [7, 11) is 4.50. The molecule has 6 aromatic rings. The lowest BCUT2D eigenvalue weighted by atomic mass is 10.1. The third kappa shape index (κ3) is 5.25. The van der Waals surface area contributed by atoms with Crippen LogP contribution in [0.3, 0.4) is 0 Å². The van der Waals surface area contributed by atoms with Crippen molar-refractivity contribution in [3.63, 3.8) is 0 Å². The molecule has 0 amide bonds. The Labute approximate surface area is 259 Å². The van der Waals surface area contributed by atoms with Gasteiger partial charge in [-0.2, -0.15) is 4.31 Å². The van der Waals surface area contributed by atoms with Gasteiger partial charge in [-0.25, -0.2) is 13.4 Å². The van der Waals surface area contributed by atoms with Gasteiger partial charge in [-0.3, -0.25) is 0 Å². The number of hydrogen-bond acceptors (Lipinski definition) is 8. The fraction of sp³-hybridized carbons (Fsp3) is 0.219. The summed E-state index contributed by atoms with van der Waals surface area (Å²) in [6, 6.07) is 16.5. The lowest BCUT2D eigenvalue weighted by Gasteiger charge is -2.23. The molecular weight excluding hydrogens is 601 g/mol. The van der Waals surface area contributed by atoms with Gasteiger partial charge in [0.15, 0.2) is 11.5 Å². The number of aryl methyl sites for hydroxylation is 1. The van der Waals surface area contributed by atoms with E-state index in [1.165, 1.54) is 15.6 Å². The Morgan fingerprint density at radius 2 is 1.61 bits per heavy atom. The lowest BCUT2D eigenvalue weighted by Crippen LogP contribution is -2.30. The van der Waals surface area contributed by atoms with E-state index >= 15 is 0 Å². The molecule has 44 heavy (non-hydrogen) atoms. The molecule has 0 saturated carbocycles. The van der Waals surface area contributed by atoms with E-state index in [9.17, 15) is 8.42 Å². The van der Waals surface area contributed by atoms with Gasteiger partial charge in [0.05, 0.1) is 34.0 Å². The van der Waals surface area contributed by atoms with E-state index in [0.29, 0.717) is 34.2 Å². The van der Waals surface area contributed by atoms with Crippen LogP contribution in [0.15, 0.2) is 76.6 Å². The molecule has 6 rings (SSSR count). The van der Waals surface area contributed by atoms with E-state index in [4.69, 9.17) is 18.9 Å². The minimum absolute atomic E-state index is 0.0967. The van der Waals surface area contributed by atoms with Crippen molar-refractivity contribution in [2.75, 3.05) is 28.4 Å². The van der Waals surface area contributed by atoms with Gasteiger partial charge in [-0.1, -0.05) is 12.1 Å². The average molecular weight is 633 g/mol. The number of aromatic amines is 1. The molecule has 0 spiro atoms. The Balaban J connectivity index is 1.43. The maximum Gasteiger partial charge on any atom is 0.253 e. The van der Waals surface area contributed by atoms with Crippen LogP contribution < -0.4 is 18.9 Å². The van der Waals surface area contributed by atoms with Crippen molar-refractivity contribution in [3.8, 4) is 34.3 Å². The standard InChI is InChI=1S/C32H32N4O6S2/c1-35-19-25(24-15-29(41-4)30(42-5)16-27(24)35)26-14-23-20(10-11-33-32(23)34-26)17-36(44(37,38)31-7-6-12-43-31)18-21-8-9-22(39-2)13-28(21)40-3/h6-16,19H,17-18H2,1-5H3,(H,33,34). The molecule has 10 nitrogen and oxygen atoms in total. The number of benzene rings is 2. The highest BCUT2D eigenvalue weighted by Gasteiger charge is 2.28. The third-order valence-corrected chi connectivity index (χ3v) is 10.8. The molecule has 2 aromatic carbocycles. The summed E-state index contributed by atoms with van der Waals surface area (Å²) in [6.07, 6.45) is 3.73. The largest absolute Gasteiger partial charge is 0.497 e. The number of ether oxygens (including phenoxy) is 4. The molecule has 228 valence electrons. The molecule has 0 saturated heterocycles. The predicted molar refractivity (Wildman–Crippen MR) is 171 cm³/mol. The van der Waals surface area contributed by atoms with Crippen LogP contribution in [0.2, 0.25) is 0 Å². The minimum Gasteiger partial charge on any atom is -0.497 e.